The second kappa shape index (κ2) is 3.33. The number of aliphatic carboxylic acids is 1. The van der Waals surface area contributed by atoms with Gasteiger partial charge in [-0.1, -0.05) is 0 Å². The molecule has 0 spiro atoms. The fraction of sp³-hybridized carbons (Fsp3) is 0.571. The van der Waals surface area contributed by atoms with E-state index >= 15 is 0 Å². The minimum atomic E-state index is -1.47. The van der Waals surface area contributed by atoms with Crippen molar-refractivity contribution in [1.82, 2.24) is 5.48 Å². The highest BCUT2D eigenvalue weighted by Gasteiger charge is 2.34. The molecule has 0 aromatic heterocycles. The molecule has 0 amide bonds. The van der Waals surface area contributed by atoms with Crippen molar-refractivity contribution in [3.63, 3.8) is 0 Å². The summed E-state index contributed by atoms with van der Waals surface area (Å²) in [5, 5.41) is 18.1. The van der Waals surface area contributed by atoms with Crippen LogP contribution in [0.4, 0.5) is 0 Å². The molecule has 1 heterocycles. The van der Waals surface area contributed by atoms with Crippen LogP contribution in [0.3, 0.4) is 0 Å². The molecule has 0 aromatic rings. The zero-order valence-corrected chi connectivity index (χ0v) is 7.15. The second-order valence-corrected chi connectivity index (χ2v) is 3.03. The second-order valence-electron chi connectivity index (χ2n) is 3.03. The first-order chi connectivity index (χ1) is 5.93. The Morgan fingerprint density at radius 3 is 2.92 bits per heavy atom. The number of nitrogens with two attached hydrogens (primary N) is 1. The molecule has 0 aliphatic carbocycles. The number of hydroxylamine groups is 1. The van der Waals surface area contributed by atoms with Gasteiger partial charge in [-0.3, -0.25) is 4.79 Å². The summed E-state index contributed by atoms with van der Waals surface area (Å²) in [6, 6.07) is -1.12. The molecule has 13 heavy (non-hydrogen) atoms. The summed E-state index contributed by atoms with van der Waals surface area (Å²) in [5.41, 5.74) is 6.06. The van der Waals surface area contributed by atoms with E-state index < -0.39 is 17.7 Å². The fourth-order valence-corrected chi connectivity index (χ4v) is 1.09. The van der Waals surface area contributed by atoms with E-state index in [2.05, 4.69) is 5.48 Å². The minimum Gasteiger partial charge on any atom is -0.480 e. The van der Waals surface area contributed by atoms with Gasteiger partial charge < -0.3 is 20.8 Å². The number of carboxylic acid groups (broad SMARTS) is 1. The van der Waals surface area contributed by atoms with Gasteiger partial charge in [0.25, 0.3) is 0 Å². The highest BCUT2D eigenvalue weighted by Crippen LogP contribution is 2.19. The summed E-state index contributed by atoms with van der Waals surface area (Å²) >= 11 is 0. The Kier molecular flexibility index (Phi) is 2.55. The lowest BCUT2D eigenvalue weighted by Gasteiger charge is -2.20. The Morgan fingerprint density at radius 2 is 2.54 bits per heavy atom. The highest BCUT2D eigenvalue weighted by atomic mass is 16.7. The van der Waals surface area contributed by atoms with Crippen LogP contribution in [0.2, 0.25) is 0 Å². The van der Waals surface area contributed by atoms with Crippen LogP contribution in [0.25, 0.3) is 0 Å². The zero-order chi connectivity index (χ0) is 10.1. The number of carbonyl (C=O) groups is 1. The summed E-state index contributed by atoms with van der Waals surface area (Å²) < 4.78 is 0. The Balaban J connectivity index is 2.58. The molecule has 0 aromatic carbocycles. The topological polar surface area (TPSA) is 105 Å². The molecule has 1 aliphatic heterocycles. The zero-order valence-electron chi connectivity index (χ0n) is 7.15. The van der Waals surface area contributed by atoms with Gasteiger partial charge >= 0.3 is 5.97 Å². The Morgan fingerprint density at radius 1 is 1.92 bits per heavy atom. The lowest BCUT2D eigenvalue weighted by molar-refractivity contribution is -0.141. The normalized spacial score (nSPS) is 29.3. The smallest absolute Gasteiger partial charge is 0.320 e. The maximum atomic E-state index is 10.4. The van der Waals surface area contributed by atoms with Crippen LogP contribution >= 0.6 is 0 Å². The van der Waals surface area contributed by atoms with Crippen molar-refractivity contribution in [2.45, 2.75) is 25.1 Å². The van der Waals surface area contributed by atoms with Gasteiger partial charge in [-0.15, -0.1) is 5.48 Å². The molecule has 1 rings (SSSR count). The summed E-state index contributed by atoms with van der Waals surface area (Å²) in [4.78, 5) is 15.1. The van der Waals surface area contributed by atoms with Crippen LogP contribution in [0.1, 0.15) is 13.3 Å². The molecular weight excluding hydrogens is 176 g/mol. The lowest BCUT2D eigenvalue weighted by atomic mass is 10.0. The summed E-state index contributed by atoms with van der Waals surface area (Å²) in [6.45, 7) is 1.64. The van der Waals surface area contributed by atoms with Crippen LogP contribution < -0.4 is 11.2 Å². The van der Waals surface area contributed by atoms with Crippen molar-refractivity contribution in [3.8, 4) is 0 Å². The van der Waals surface area contributed by atoms with Gasteiger partial charge in [-0.2, -0.15) is 0 Å². The van der Waals surface area contributed by atoms with E-state index in [-0.39, 0.29) is 6.42 Å². The first kappa shape index (κ1) is 9.97. The van der Waals surface area contributed by atoms with Crippen molar-refractivity contribution < 1.29 is 19.8 Å². The van der Waals surface area contributed by atoms with Crippen LogP contribution in [0.5, 0.6) is 0 Å². The first-order valence-electron chi connectivity index (χ1n) is 3.77. The number of hydrogen-bond donors (Lipinski definition) is 4. The Bertz CT molecular complexity index is 253. The van der Waals surface area contributed by atoms with Crippen molar-refractivity contribution in [2.75, 3.05) is 0 Å². The maximum Gasteiger partial charge on any atom is 0.320 e. The SMILES string of the molecule is CC1=CC(O)(CC(N)C(=O)O)NO1. The third kappa shape index (κ3) is 2.41. The predicted molar refractivity (Wildman–Crippen MR) is 43.2 cm³/mol. The quantitative estimate of drug-likeness (QED) is 0.449. The molecule has 6 nitrogen and oxygen atoms in total. The summed E-state index contributed by atoms with van der Waals surface area (Å²) in [5.74, 6) is -0.673. The summed E-state index contributed by atoms with van der Waals surface area (Å²) in [7, 11) is 0. The Hall–Kier alpha value is -1.11. The number of nitrogens with one attached hydrogen (secondary N) is 1. The fourth-order valence-electron chi connectivity index (χ4n) is 1.09. The molecule has 2 atom stereocenters. The monoisotopic (exact) mass is 188 g/mol. The number of rotatable bonds is 3. The molecule has 2 unspecified atom stereocenters. The molecule has 0 saturated heterocycles. The van der Waals surface area contributed by atoms with E-state index in [1.165, 1.54) is 6.08 Å². The molecule has 1 aliphatic rings. The third-order valence-electron chi connectivity index (χ3n) is 1.68. The van der Waals surface area contributed by atoms with Gasteiger partial charge in [-0.25, -0.2) is 0 Å². The van der Waals surface area contributed by atoms with E-state index in [0.717, 1.165) is 0 Å². The van der Waals surface area contributed by atoms with Crippen LogP contribution in [0, 0.1) is 0 Å². The van der Waals surface area contributed by atoms with Gasteiger partial charge in [-0.05, 0) is 6.92 Å². The van der Waals surface area contributed by atoms with Gasteiger partial charge in [0.2, 0.25) is 0 Å². The molecule has 0 fully saturated rings. The van der Waals surface area contributed by atoms with E-state index in [4.69, 9.17) is 15.7 Å². The van der Waals surface area contributed by atoms with Crippen molar-refractivity contribution in [2.24, 2.45) is 5.73 Å². The van der Waals surface area contributed by atoms with E-state index in [1.54, 1.807) is 6.92 Å². The van der Waals surface area contributed by atoms with Crippen LogP contribution in [0.15, 0.2) is 11.8 Å². The van der Waals surface area contributed by atoms with Gasteiger partial charge in [0.15, 0.2) is 5.72 Å². The van der Waals surface area contributed by atoms with E-state index in [9.17, 15) is 9.90 Å². The number of carboxylic acids is 1. The molecular formula is C7H12N2O4. The molecule has 5 N–H and O–H groups in total. The average molecular weight is 188 g/mol. The predicted octanol–water partition coefficient (Wildman–Crippen LogP) is -1.08. The number of aliphatic hydroxyl groups is 1. The average Bonchev–Trinajstić information content (AvgIpc) is 2.30. The molecule has 6 heteroatoms. The summed E-state index contributed by atoms with van der Waals surface area (Å²) in [6.07, 6.45) is 1.25. The largest absolute Gasteiger partial charge is 0.480 e. The molecule has 0 saturated carbocycles. The highest BCUT2D eigenvalue weighted by molar-refractivity contribution is 5.73. The molecule has 74 valence electrons. The lowest BCUT2D eigenvalue weighted by Crippen LogP contribution is -2.46. The first-order valence-corrected chi connectivity index (χ1v) is 3.77. The van der Waals surface area contributed by atoms with Crippen LogP contribution in [-0.2, 0) is 9.63 Å². The van der Waals surface area contributed by atoms with Gasteiger partial charge in [0.05, 0.1) is 0 Å². The van der Waals surface area contributed by atoms with Crippen molar-refractivity contribution in [1.29, 1.82) is 0 Å². The van der Waals surface area contributed by atoms with Gasteiger partial charge in [0.1, 0.15) is 11.8 Å². The van der Waals surface area contributed by atoms with E-state index in [1.807, 2.05) is 0 Å². The van der Waals surface area contributed by atoms with Gasteiger partial charge in [0, 0.05) is 12.5 Å². The van der Waals surface area contributed by atoms with E-state index in [0.29, 0.717) is 5.76 Å². The Labute approximate surface area is 74.9 Å². The standard InChI is InChI=1S/C7H12N2O4/c1-4-2-7(12,9-13-4)3-5(8)6(10)11/h2,5,9,12H,3,8H2,1H3,(H,10,11). The molecule has 0 radical (unpaired) electrons. The molecule has 0 bridgehead atoms. The minimum absolute atomic E-state index is 0.139. The van der Waals surface area contributed by atoms with Crippen molar-refractivity contribution in [3.05, 3.63) is 11.8 Å². The number of allylic oxidation sites excluding steroid dienone is 1. The maximum absolute atomic E-state index is 10.4. The third-order valence-corrected chi connectivity index (χ3v) is 1.68. The van der Waals surface area contributed by atoms with Crippen molar-refractivity contribution >= 4 is 5.97 Å². The number of hydrogen-bond acceptors (Lipinski definition) is 5. The van der Waals surface area contributed by atoms with Crippen LogP contribution in [-0.4, -0.2) is 27.9 Å².